The largest absolute Gasteiger partial charge is 0.481 e. The van der Waals surface area contributed by atoms with E-state index in [1.54, 1.807) is 48.5 Å². The highest BCUT2D eigenvalue weighted by Crippen LogP contribution is 2.41. The van der Waals surface area contributed by atoms with E-state index in [1.165, 1.54) is 7.11 Å². The monoisotopic (exact) mass is 559 g/mol. The maximum atomic E-state index is 13.2. The van der Waals surface area contributed by atoms with Crippen molar-refractivity contribution in [2.45, 2.75) is 38.1 Å². The summed E-state index contributed by atoms with van der Waals surface area (Å²) in [6, 6.07) is 8.98. The molecule has 4 heterocycles. The molecule has 4 aromatic rings. The average molecular weight is 560 g/mol. The molecule has 0 amide bonds. The second-order valence-electron chi connectivity index (χ2n) is 10.0. The normalized spacial score (nSPS) is 16.9. The molecule has 1 aliphatic rings. The van der Waals surface area contributed by atoms with Gasteiger partial charge in [-0.15, -0.1) is 0 Å². The molecule has 0 bridgehead atoms. The summed E-state index contributed by atoms with van der Waals surface area (Å²) in [6.45, 7) is 2.76. The number of aryl methyl sites for hydroxylation is 2. The van der Waals surface area contributed by atoms with E-state index in [0.717, 1.165) is 5.69 Å². The fourth-order valence-corrected chi connectivity index (χ4v) is 5.56. The summed E-state index contributed by atoms with van der Waals surface area (Å²) in [4.78, 5) is 15.2. The van der Waals surface area contributed by atoms with E-state index in [0.29, 0.717) is 63.8 Å². The third-order valence-corrected chi connectivity index (χ3v) is 7.97. The molecule has 0 aliphatic carbocycles. The number of fused-ring (bicyclic) bond motifs is 1. The Kier molecular flexibility index (Phi) is 7.30. The van der Waals surface area contributed by atoms with E-state index in [1.807, 2.05) is 24.0 Å². The van der Waals surface area contributed by atoms with Crippen LogP contribution in [0.15, 0.2) is 49.1 Å². The Morgan fingerprint density at radius 1 is 1.10 bits per heavy atom. The fourth-order valence-electron chi connectivity index (χ4n) is 5.27. The number of halogens is 4. The van der Waals surface area contributed by atoms with Gasteiger partial charge in [-0.05, 0) is 56.6 Å². The van der Waals surface area contributed by atoms with E-state index in [9.17, 15) is 18.3 Å². The molecular formula is C28H29ClF3N5O2. The van der Waals surface area contributed by atoms with Crippen LogP contribution in [0.5, 0.6) is 5.88 Å². The van der Waals surface area contributed by atoms with Gasteiger partial charge < -0.3 is 14.4 Å². The molecule has 1 unspecified atom stereocenters. The van der Waals surface area contributed by atoms with Crippen LogP contribution in [-0.4, -0.2) is 55.9 Å². The number of aliphatic hydroxyl groups is 1. The van der Waals surface area contributed by atoms with Crippen molar-refractivity contribution in [1.82, 2.24) is 24.4 Å². The Morgan fingerprint density at radius 2 is 1.82 bits per heavy atom. The lowest BCUT2D eigenvalue weighted by Crippen LogP contribution is -2.38. The fraction of sp³-hybridized carbons (Fsp3) is 0.393. The number of imidazole rings is 1. The lowest BCUT2D eigenvalue weighted by Gasteiger charge is -2.33. The Labute approximate surface area is 229 Å². The molecule has 39 heavy (non-hydrogen) atoms. The molecule has 11 heteroatoms. The van der Waals surface area contributed by atoms with Gasteiger partial charge in [0.2, 0.25) is 5.88 Å². The highest BCUT2D eigenvalue weighted by molar-refractivity contribution is 6.36. The van der Waals surface area contributed by atoms with Gasteiger partial charge >= 0.3 is 6.18 Å². The molecule has 0 radical (unpaired) electrons. The van der Waals surface area contributed by atoms with Gasteiger partial charge in [-0.2, -0.15) is 13.2 Å². The number of alkyl halides is 3. The van der Waals surface area contributed by atoms with Crippen LogP contribution in [-0.2, 0) is 19.2 Å². The third-order valence-electron chi connectivity index (χ3n) is 7.54. The van der Waals surface area contributed by atoms with Crippen molar-refractivity contribution >= 4 is 22.5 Å². The Balaban J connectivity index is 1.57. The lowest BCUT2D eigenvalue weighted by molar-refractivity contribution is -0.185. The Morgan fingerprint density at radius 3 is 2.41 bits per heavy atom. The lowest BCUT2D eigenvalue weighted by atomic mass is 9.83. The molecule has 3 aromatic heterocycles. The highest BCUT2D eigenvalue weighted by atomic mass is 35.5. The molecule has 1 saturated heterocycles. The van der Waals surface area contributed by atoms with Crippen LogP contribution >= 0.6 is 11.6 Å². The summed E-state index contributed by atoms with van der Waals surface area (Å²) >= 11 is 6.95. The van der Waals surface area contributed by atoms with E-state index in [4.69, 9.17) is 16.3 Å². The van der Waals surface area contributed by atoms with Gasteiger partial charge in [-0.25, -0.2) is 9.97 Å². The third kappa shape index (κ3) is 5.08. The molecule has 206 valence electrons. The van der Waals surface area contributed by atoms with Crippen LogP contribution in [0.3, 0.4) is 0 Å². The van der Waals surface area contributed by atoms with Crippen LogP contribution < -0.4 is 4.74 Å². The predicted molar refractivity (Wildman–Crippen MR) is 142 cm³/mol. The first kappa shape index (κ1) is 27.4. The molecule has 1 aromatic carbocycles. The number of piperidine rings is 1. The maximum absolute atomic E-state index is 13.2. The first-order valence-electron chi connectivity index (χ1n) is 12.6. The Hall–Kier alpha value is -3.21. The van der Waals surface area contributed by atoms with Crippen molar-refractivity contribution < 1.29 is 23.0 Å². The Bertz CT molecular complexity index is 1480. The second-order valence-corrected chi connectivity index (χ2v) is 10.4. The summed E-state index contributed by atoms with van der Waals surface area (Å²) in [5, 5.41) is 13.2. The smallest absolute Gasteiger partial charge is 0.391 e. The molecule has 1 aliphatic heterocycles. The van der Waals surface area contributed by atoms with Gasteiger partial charge in [-0.3, -0.25) is 9.88 Å². The number of aromatic nitrogens is 4. The molecule has 7 nitrogen and oxygen atoms in total. The predicted octanol–water partition coefficient (Wildman–Crippen LogP) is 5.39. The zero-order chi connectivity index (χ0) is 27.9. The van der Waals surface area contributed by atoms with Gasteiger partial charge in [0.25, 0.3) is 0 Å². The van der Waals surface area contributed by atoms with Crippen molar-refractivity contribution in [3.63, 3.8) is 0 Å². The number of ether oxygens (including phenoxy) is 1. The van der Waals surface area contributed by atoms with Crippen molar-refractivity contribution in [2.75, 3.05) is 20.2 Å². The van der Waals surface area contributed by atoms with Crippen molar-refractivity contribution in [1.29, 1.82) is 0 Å². The molecular weight excluding hydrogens is 531 g/mol. The first-order valence-corrected chi connectivity index (χ1v) is 13.0. The van der Waals surface area contributed by atoms with Crippen LogP contribution in [0.4, 0.5) is 13.2 Å². The SMILES string of the molecule is COc1nc2ccc(C(O)(c3ccc(C)nc3)c3cncn3C)cc2c(Cl)c1CN1CCC(C(F)(F)F)CC1. The number of likely N-dealkylation sites (tertiary alicyclic amines) is 1. The molecule has 1 atom stereocenters. The van der Waals surface area contributed by atoms with E-state index in [2.05, 4.69) is 15.0 Å². The van der Waals surface area contributed by atoms with E-state index >= 15 is 0 Å². The maximum Gasteiger partial charge on any atom is 0.391 e. The van der Waals surface area contributed by atoms with E-state index in [-0.39, 0.29) is 12.8 Å². The highest BCUT2D eigenvalue weighted by Gasteiger charge is 2.41. The summed E-state index contributed by atoms with van der Waals surface area (Å²) in [7, 11) is 3.29. The summed E-state index contributed by atoms with van der Waals surface area (Å²) in [5.41, 5.74) is 2.01. The van der Waals surface area contributed by atoms with Crippen molar-refractivity contribution in [3.05, 3.63) is 82.2 Å². The van der Waals surface area contributed by atoms with Crippen LogP contribution in [0.1, 0.15) is 40.9 Å². The van der Waals surface area contributed by atoms with Gasteiger partial charge in [0, 0.05) is 42.0 Å². The first-order chi connectivity index (χ1) is 18.5. The van der Waals surface area contributed by atoms with Gasteiger partial charge in [-0.1, -0.05) is 23.7 Å². The van der Waals surface area contributed by atoms with E-state index < -0.39 is 17.7 Å². The number of methoxy groups -OCH3 is 1. The van der Waals surface area contributed by atoms with Crippen LogP contribution in [0.2, 0.25) is 5.02 Å². The van der Waals surface area contributed by atoms with Gasteiger partial charge in [0.05, 0.1) is 41.8 Å². The molecule has 1 fully saturated rings. The summed E-state index contributed by atoms with van der Waals surface area (Å²) in [5.74, 6) is -0.966. The quantitative estimate of drug-likeness (QED) is 0.341. The van der Waals surface area contributed by atoms with Gasteiger partial charge in [0.15, 0.2) is 5.60 Å². The minimum atomic E-state index is -4.18. The van der Waals surface area contributed by atoms with Crippen molar-refractivity contribution in [3.8, 4) is 5.88 Å². The molecule has 1 N–H and O–H groups in total. The van der Waals surface area contributed by atoms with Gasteiger partial charge in [0.1, 0.15) is 0 Å². The zero-order valence-electron chi connectivity index (χ0n) is 21.8. The number of benzene rings is 1. The van der Waals surface area contributed by atoms with Crippen molar-refractivity contribution in [2.24, 2.45) is 13.0 Å². The minimum absolute atomic E-state index is 0.0386. The number of hydrogen-bond donors (Lipinski definition) is 1. The minimum Gasteiger partial charge on any atom is -0.481 e. The average Bonchev–Trinajstić information content (AvgIpc) is 3.36. The molecule has 5 rings (SSSR count). The van der Waals surface area contributed by atoms with Crippen LogP contribution in [0, 0.1) is 12.8 Å². The summed E-state index contributed by atoms with van der Waals surface area (Å²) in [6.07, 6.45) is 0.751. The number of hydrogen-bond acceptors (Lipinski definition) is 6. The number of nitrogens with zero attached hydrogens (tertiary/aromatic N) is 5. The molecule has 0 saturated carbocycles. The summed E-state index contributed by atoms with van der Waals surface area (Å²) < 4.78 is 46.7. The second kappa shape index (κ2) is 10.4. The number of rotatable bonds is 6. The van der Waals surface area contributed by atoms with Crippen LogP contribution in [0.25, 0.3) is 10.9 Å². The standard InChI is InChI=1S/C28H29ClF3N5O2/c1-17-4-5-20(13-34-17)27(38,24-14-33-16-36(24)2)19-6-7-23-21(12-19)25(29)22(26(35-23)39-3)15-37-10-8-18(9-11-37)28(30,31)32/h4-7,12-14,16,18,38H,8-11,15H2,1-3H3. The topological polar surface area (TPSA) is 76.3 Å². The number of pyridine rings is 2. The zero-order valence-corrected chi connectivity index (χ0v) is 22.6. The molecule has 0 spiro atoms.